The van der Waals surface area contributed by atoms with E-state index in [1.807, 2.05) is 0 Å². The van der Waals surface area contributed by atoms with Crippen LogP contribution in [0, 0.1) is 5.82 Å². The maximum atomic E-state index is 13.1. The van der Waals surface area contributed by atoms with Gasteiger partial charge in [-0.3, -0.25) is 0 Å². The van der Waals surface area contributed by atoms with E-state index in [0.29, 0.717) is 22.0 Å². The molecule has 0 aliphatic heterocycles. The Morgan fingerprint density at radius 1 is 1.27 bits per heavy atom. The van der Waals surface area contributed by atoms with Crippen LogP contribution in [0.15, 0.2) is 42.5 Å². The van der Waals surface area contributed by atoms with Crippen LogP contribution in [-0.4, -0.2) is 25.0 Å². The number of hydrogen-bond acceptors (Lipinski definition) is 2. The van der Waals surface area contributed by atoms with Gasteiger partial charge < -0.3 is 15.0 Å². The Morgan fingerprint density at radius 3 is 2.68 bits per heavy atom. The Bertz CT molecular complexity index is 677. The summed E-state index contributed by atoms with van der Waals surface area (Å²) in [6.45, 7) is 0.209. The van der Waals surface area contributed by atoms with Crippen molar-refractivity contribution in [2.24, 2.45) is 0 Å². The van der Waals surface area contributed by atoms with Crippen LogP contribution >= 0.6 is 11.6 Å². The molecule has 0 fully saturated rings. The van der Waals surface area contributed by atoms with Crippen LogP contribution in [0.5, 0.6) is 5.75 Å². The molecule has 0 saturated carbocycles. The molecule has 6 heteroatoms. The third-order valence-electron chi connectivity index (χ3n) is 2.87. The van der Waals surface area contributed by atoms with E-state index in [4.69, 9.17) is 16.3 Å². The van der Waals surface area contributed by atoms with E-state index < -0.39 is 0 Å². The molecule has 0 aliphatic rings. The van der Waals surface area contributed by atoms with Crippen LogP contribution in [0.2, 0.25) is 5.02 Å². The number of hydrogen-bond donors (Lipinski definition) is 1. The molecule has 0 atom stereocenters. The zero-order chi connectivity index (χ0) is 16.1. The molecule has 2 aromatic carbocycles. The number of urea groups is 1. The van der Waals surface area contributed by atoms with E-state index in [1.165, 1.54) is 17.0 Å². The first-order chi connectivity index (χ1) is 10.5. The van der Waals surface area contributed by atoms with Crippen molar-refractivity contribution in [3.8, 4) is 5.75 Å². The van der Waals surface area contributed by atoms with Gasteiger partial charge in [-0.15, -0.1) is 0 Å². The molecule has 0 saturated heterocycles. The number of rotatable bonds is 4. The van der Waals surface area contributed by atoms with E-state index in [9.17, 15) is 9.18 Å². The Labute approximate surface area is 133 Å². The largest absolute Gasteiger partial charge is 0.487 e. The van der Waals surface area contributed by atoms with Crippen molar-refractivity contribution < 1.29 is 13.9 Å². The maximum absolute atomic E-state index is 13.1. The lowest BCUT2D eigenvalue weighted by atomic mass is 10.2. The molecule has 0 unspecified atom stereocenters. The smallest absolute Gasteiger partial charge is 0.321 e. The Kier molecular flexibility index (Phi) is 5.22. The predicted molar refractivity (Wildman–Crippen MR) is 84.9 cm³/mol. The first-order valence-electron chi connectivity index (χ1n) is 6.61. The van der Waals surface area contributed by atoms with Crippen LogP contribution in [0.3, 0.4) is 0 Å². The zero-order valence-electron chi connectivity index (χ0n) is 12.3. The Balaban J connectivity index is 2.02. The second-order valence-electron chi connectivity index (χ2n) is 4.89. The Hall–Kier alpha value is -2.27. The topological polar surface area (TPSA) is 41.6 Å². The number of nitrogens with one attached hydrogen (secondary N) is 1. The number of nitrogens with zero attached hydrogens (tertiary/aromatic N) is 1. The van der Waals surface area contributed by atoms with Crippen molar-refractivity contribution in [2.75, 3.05) is 19.4 Å². The first kappa shape index (κ1) is 16.1. The normalized spacial score (nSPS) is 10.2. The lowest BCUT2D eigenvalue weighted by Gasteiger charge is -2.13. The molecular weight excluding hydrogens is 307 g/mol. The molecule has 0 bridgehead atoms. The fraction of sp³-hybridized carbons (Fsp3) is 0.188. The summed E-state index contributed by atoms with van der Waals surface area (Å²) in [5.41, 5.74) is 1.28. The van der Waals surface area contributed by atoms with Gasteiger partial charge in [-0.1, -0.05) is 23.7 Å². The predicted octanol–water partition coefficient (Wildman–Crippen LogP) is 4.15. The zero-order valence-corrected chi connectivity index (χ0v) is 13.0. The molecule has 1 N–H and O–H groups in total. The van der Waals surface area contributed by atoms with Crippen molar-refractivity contribution in [3.63, 3.8) is 0 Å². The third-order valence-corrected chi connectivity index (χ3v) is 3.17. The molecular formula is C16H16ClFN2O2. The quantitative estimate of drug-likeness (QED) is 0.918. The number of amides is 2. The standard InChI is InChI=1S/C16H16ClFN2O2/c1-20(2)16(21)19-13-6-7-15(14(17)9-13)22-10-11-4-3-5-12(18)8-11/h3-9H,10H2,1-2H3,(H,19,21). The van der Waals surface area contributed by atoms with Crippen molar-refractivity contribution in [2.45, 2.75) is 6.61 Å². The van der Waals surface area contributed by atoms with Gasteiger partial charge in [-0.05, 0) is 35.9 Å². The molecule has 4 nitrogen and oxygen atoms in total. The Morgan fingerprint density at radius 2 is 2.05 bits per heavy atom. The average Bonchev–Trinajstić information content (AvgIpc) is 2.46. The molecule has 0 radical (unpaired) electrons. The maximum Gasteiger partial charge on any atom is 0.321 e. The van der Waals surface area contributed by atoms with Gasteiger partial charge >= 0.3 is 6.03 Å². The summed E-state index contributed by atoms with van der Waals surface area (Å²) in [5, 5.41) is 3.06. The molecule has 0 aliphatic carbocycles. The highest BCUT2D eigenvalue weighted by Crippen LogP contribution is 2.28. The van der Waals surface area contributed by atoms with E-state index >= 15 is 0 Å². The summed E-state index contributed by atoms with van der Waals surface area (Å²) in [6.07, 6.45) is 0. The van der Waals surface area contributed by atoms with Gasteiger partial charge in [0.05, 0.1) is 5.02 Å². The van der Waals surface area contributed by atoms with Gasteiger partial charge in [0.15, 0.2) is 0 Å². The van der Waals surface area contributed by atoms with Gasteiger partial charge in [0.1, 0.15) is 18.2 Å². The molecule has 2 rings (SSSR count). The molecule has 0 heterocycles. The van der Waals surface area contributed by atoms with E-state index in [0.717, 1.165) is 0 Å². The second-order valence-corrected chi connectivity index (χ2v) is 5.30. The molecule has 116 valence electrons. The molecule has 2 amide bonds. The first-order valence-corrected chi connectivity index (χ1v) is 6.98. The molecule has 0 aromatic heterocycles. The monoisotopic (exact) mass is 322 g/mol. The summed E-state index contributed by atoms with van der Waals surface area (Å²) < 4.78 is 18.6. The van der Waals surface area contributed by atoms with E-state index in [2.05, 4.69) is 5.32 Å². The van der Waals surface area contributed by atoms with Crippen LogP contribution in [-0.2, 0) is 6.61 Å². The van der Waals surface area contributed by atoms with Gasteiger partial charge in [0.25, 0.3) is 0 Å². The van der Waals surface area contributed by atoms with Crippen molar-refractivity contribution in [1.29, 1.82) is 0 Å². The molecule has 22 heavy (non-hydrogen) atoms. The van der Waals surface area contributed by atoms with Crippen molar-refractivity contribution in [1.82, 2.24) is 4.90 Å². The summed E-state index contributed by atoms with van der Waals surface area (Å²) >= 11 is 6.13. The fourth-order valence-electron chi connectivity index (χ4n) is 1.72. The highest BCUT2D eigenvalue weighted by Gasteiger charge is 2.08. The van der Waals surface area contributed by atoms with Crippen LogP contribution in [0.4, 0.5) is 14.9 Å². The molecule has 2 aromatic rings. The second kappa shape index (κ2) is 7.13. The average molecular weight is 323 g/mol. The number of carbonyl (C=O) groups excluding carboxylic acids is 1. The van der Waals surface area contributed by atoms with Crippen LogP contribution < -0.4 is 10.1 Å². The summed E-state index contributed by atoms with van der Waals surface area (Å²) in [7, 11) is 3.29. The SMILES string of the molecule is CN(C)C(=O)Nc1ccc(OCc2cccc(F)c2)c(Cl)c1. The highest BCUT2D eigenvalue weighted by atomic mass is 35.5. The fourth-order valence-corrected chi connectivity index (χ4v) is 1.95. The van der Waals surface area contributed by atoms with Crippen LogP contribution in [0.1, 0.15) is 5.56 Å². The van der Waals surface area contributed by atoms with Gasteiger partial charge in [0, 0.05) is 19.8 Å². The van der Waals surface area contributed by atoms with Gasteiger partial charge in [0.2, 0.25) is 0 Å². The van der Waals surface area contributed by atoms with E-state index in [1.54, 1.807) is 44.4 Å². The summed E-state index contributed by atoms with van der Waals surface area (Å²) in [6, 6.07) is 10.9. The minimum Gasteiger partial charge on any atom is -0.487 e. The minimum atomic E-state index is -0.311. The van der Waals surface area contributed by atoms with Crippen molar-refractivity contribution >= 4 is 23.3 Å². The van der Waals surface area contributed by atoms with E-state index in [-0.39, 0.29) is 18.5 Å². The number of ether oxygens (including phenoxy) is 1. The lowest BCUT2D eigenvalue weighted by molar-refractivity contribution is 0.230. The lowest BCUT2D eigenvalue weighted by Crippen LogP contribution is -2.27. The third kappa shape index (κ3) is 4.36. The van der Waals surface area contributed by atoms with Gasteiger partial charge in [-0.25, -0.2) is 9.18 Å². The number of carbonyl (C=O) groups is 1. The minimum absolute atomic E-state index is 0.209. The summed E-state index contributed by atoms with van der Waals surface area (Å²) in [4.78, 5) is 13.0. The number of halogens is 2. The number of benzene rings is 2. The van der Waals surface area contributed by atoms with Gasteiger partial charge in [-0.2, -0.15) is 0 Å². The highest BCUT2D eigenvalue weighted by molar-refractivity contribution is 6.32. The number of anilines is 1. The van der Waals surface area contributed by atoms with Crippen molar-refractivity contribution in [3.05, 3.63) is 58.9 Å². The summed E-state index contributed by atoms with van der Waals surface area (Å²) in [5.74, 6) is 0.155. The van der Waals surface area contributed by atoms with Crippen LogP contribution in [0.25, 0.3) is 0 Å². The molecule has 0 spiro atoms.